The smallest absolute Gasteiger partial charge is 0.165 e. The Morgan fingerprint density at radius 1 is 1.41 bits per heavy atom. The maximum Gasteiger partial charge on any atom is 0.165 e. The van der Waals surface area contributed by atoms with Crippen molar-refractivity contribution in [3.63, 3.8) is 0 Å². The first-order valence-electron chi connectivity index (χ1n) is 5.55. The molecule has 0 bridgehead atoms. The van der Waals surface area contributed by atoms with E-state index in [2.05, 4.69) is 0 Å². The third-order valence-corrected chi connectivity index (χ3v) is 2.20. The largest absolute Gasteiger partial charge is 0.487 e. The molecule has 0 saturated carbocycles. The van der Waals surface area contributed by atoms with Crippen molar-refractivity contribution in [3.8, 4) is 5.75 Å². The number of rotatable bonds is 7. The number of aliphatic hydroxyl groups is 1. The molecule has 5 heteroatoms. The van der Waals surface area contributed by atoms with E-state index in [0.29, 0.717) is 12.2 Å². The van der Waals surface area contributed by atoms with Gasteiger partial charge in [-0.3, -0.25) is 0 Å². The molecule has 96 valence electrons. The van der Waals surface area contributed by atoms with Crippen molar-refractivity contribution < 1.29 is 19.0 Å². The third-order valence-electron chi connectivity index (χ3n) is 2.20. The van der Waals surface area contributed by atoms with Crippen molar-refractivity contribution in [1.82, 2.24) is 0 Å². The summed E-state index contributed by atoms with van der Waals surface area (Å²) in [6.45, 7) is 2.69. The molecule has 0 spiro atoms. The second-order valence-corrected chi connectivity index (χ2v) is 3.56. The van der Waals surface area contributed by atoms with E-state index in [4.69, 9.17) is 15.2 Å². The van der Waals surface area contributed by atoms with Gasteiger partial charge in [-0.15, -0.1) is 0 Å². The van der Waals surface area contributed by atoms with Gasteiger partial charge in [0.25, 0.3) is 0 Å². The van der Waals surface area contributed by atoms with E-state index in [1.54, 1.807) is 12.1 Å². The maximum atomic E-state index is 13.4. The average Bonchev–Trinajstić information content (AvgIpc) is 2.34. The summed E-state index contributed by atoms with van der Waals surface area (Å²) in [5, 5.41) is 9.49. The maximum absolute atomic E-state index is 13.4. The summed E-state index contributed by atoms with van der Waals surface area (Å²) in [5.74, 6) is -0.373. The molecule has 3 N–H and O–H groups in total. The molecule has 1 aromatic rings. The van der Waals surface area contributed by atoms with Crippen LogP contribution >= 0.6 is 0 Å². The number of para-hydroxylation sites is 1. The average molecular weight is 243 g/mol. The monoisotopic (exact) mass is 243 g/mol. The minimum Gasteiger partial charge on any atom is -0.487 e. The molecule has 1 atom stereocenters. The van der Waals surface area contributed by atoms with Crippen LogP contribution < -0.4 is 10.5 Å². The fraction of sp³-hybridized carbons (Fsp3) is 0.500. The lowest BCUT2D eigenvalue weighted by molar-refractivity contribution is 0.0155. The number of nitrogens with two attached hydrogens (primary N) is 1. The van der Waals surface area contributed by atoms with Gasteiger partial charge in [-0.25, -0.2) is 4.39 Å². The highest BCUT2D eigenvalue weighted by atomic mass is 19.1. The summed E-state index contributed by atoms with van der Waals surface area (Å²) in [6, 6.07) is 4.55. The highest BCUT2D eigenvalue weighted by Gasteiger charge is 2.11. The van der Waals surface area contributed by atoms with Crippen LogP contribution in [0.15, 0.2) is 18.2 Å². The first-order valence-corrected chi connectivity index (χ1v) is 5.55. The van der Waals surface area contributed by atoms with Crippen molar-refractivity contribution in [1.29, 1.82) is 0 Å². The van der Waals surface area contributed by atoms with Gasteiger partial charge in [0.2, 0.25) is 0 Å². The van der Waals surface area contributed by atoms with Crippen molar-refractivity contribution in [2.45, 2.75) is 19.6 Å². The molecule has 17 heavy (non-hydrogen) atoms. The number of benzene rings is 1. The fourth-order valence-corrected chi connectivity index (χ4v) is 1.36. The minimum atomic E-state index is -0.778. The Labute approximate surface area is 100 Å². The molecule has 0 aromatic heterocycles. The van der Waals surface area contributed by atoms with Crippen molar-refractivity contribution >= 4 is 0 Å². The van der Waals surface area contributed by atoms with Crippen molar-refractivity contribution in [3.05, 3.63) is 29.6 Å². The van der Waals surface area contributed by atoms with Gasteiger partial charge in [-0.1, -0.05) is 12.1 Å². The van der Waals surface area contributed by atoms with Crippen LogP contribution in [0, 0.1) is 5.82 Å². The van der Waals surface area contributed by atoms with E-state index < -0.39 is 11.9 Å². The molecule has 1 aromatic carbocycles. The third kappa shape index (κ3) is 4.30. The van der Waals surface area contributed by atoms with Crippen LogP contribution in [0.3, 0.4) is 0 Å². The van der Waals surface area contributed by atoms with E-state index in [9.17, 15) is 9.50 Å². The zero-order chi connectivity index (χ0) is 12.7. The molecule has 1 unspecified atom stereocenters. The summed E-state index contributed by atoms with van der Waals surface area (Å²) in [6.07, 6.45) is -0.778. The first kappa shape index (κ1) is 13.9. The summed E-state index contributed by atoms with van der Waals surface area (Å²) in [7, 11) is 0. The lowest BCUT2D eigenvalue weighted by Gasteiger charge is -2.14. The molecule has 0 radical (unpaired) electrons. The standard InChI is InChI=1S/C12H18FNO3/c1-2-16-7-10(15)8-17-12-9(6-14)4-3-5-11(12)13/h3-5,10,15H,2,6-8,14H2,1H3. The molecule has 0 fully saturated rings. The van der Waals surface area contributed by atoms with Crippen LogP contribution in [0.2, 0.25) is 0 Å². The van der Waals surface area contributed by atoms with E-state index in [1.807, 2.05) is 6.92 Å². The van der Waals surface area contributed by atoms with Gasteiger partial charge >= 0.3 is 0 Å². The van der Waals surface area contributed by atoms with Crippen LogP contribution in [-0.4, -0.2) is 31.0 Å². The van der Waals surface area contributed by atoms with Crippen molar-refractivity contribution in [2.24, 2.45) is 5.73 Å². The summed E-state index contributed by atoms with van der Waals surface area (Å²) in [5.41, 5.74) is 6.05. The quantitative estimate of drug-likeness (QED) is 0.751. The van der Waals surface area contributed by atoms with Crippen LogP contribution in [0.4, 0.5) is 4.39 Å². The Morgan fingerprint density at radius 2 is 2.18 bits per heavy atom. The lowest BCUT2D eigenvalue weighted by atomic mass is 10.2. The van der Waals surface area contributed by atoms with Crippen LogP contribution in [0.5, 0.6) is 5.75 Å². The topological polar surface area (TPSA) is 64.7 Å². The van der Waals surface area contributed by atoms with E-state index in [-0.39, 0.29) is 25.5 Å². The molecule has 4 nitrogen and oxygen atoms in total. The van der Waals surface area contributed by atoms with Crippen LogP contribution in [0.1, 0.15) is 12.5 Å². The SMILES string of the molecule is CCOCC(O)COc1c(F)cccc1CN. The minimum absolute atomic E-state index is 0.0199. The zero-order valence-corrected chi connectivity index (χ0v) is 9.86. The van der Waals surface area contributed by atoms with Gasteiger partial charge < -0.3 is 20.3 Å². The Hall–Kier alpha value is -1.17. The normalized spacial score (nSPS) is 12.5. The summed E-state index contributed by atoms with van der Waals surface area (Å²) >= 11 is 0. The van der Waals surface area contributed by atoms with Crippen LogP contribution in [-0.2, 0) is 11.3 Å². The van der Waals surface area contributed by atoms with Gasteiger partial charge in [0.05, 0.1) is 6.61 Å². The number of hydrogen-bond donors (Lipinski definition) is 2. The number of halogens is 1. The molecule has 1 rings (SSSR count). The highest BCUT2D eigenvalue weighted by Crippen LogP contribution is 2.22. The Kier molecular flexibility index (Phi) is 5.90. The molecule has 0 aliphatic rings. The highest BCUT2D eigenvalue weighted by molar-refractivity contribution is 5.34. The Balaban J connectivity index is 2.56. The summed E-state index contributed by atoms with van der Waals surface area (Å²) in [4.78, 5) is 0. The van der Waals surface area contributed by atoms with Gasteiger partial charge in [0.15, 0.2) is 11.6 Å². The predicted molar refractivity (Wildman–Crippen MR) is 62.3 cm³/mol. The fourth-order valence-electron chi connectivity index (χ4n) is 1.36. The van der Waals surface area contributed by atoms with Gasteiger partial charge in [0, 0.05) is 18.7 Å². The van der Waals surface area contributed by atoms with E-state index in [1.165, 1.54) is 6.07 Å². The Morgan fingerprint density at radius 3 is 2.82 bits per heavy atom. The van der Waals surface area contributed by atoms with Gasteiger partial charge in [-0.05, 0) is 13.0 Å². The summed E-state index contributed by atoms with van der Waals surface area (Å²) < 4.78 is 23.7. The molecular formula is C12H18FNO3. The molecule has 0 heterocycles. The number of aliphatic hydroxyl groups excluding tert-OH is 1. The molecule has 0 aliphatic carbocycles. The zero-order valence-electron chi connectivity index (χ0n) is 9.86. The predicted octanol–water partition coefficient (Wildman–Crippen LogP) is 1.06. The van der Waals surface area contributed by atoms with E-state index in [0.717, 1.165) is 0 Å². The molecular weight excluding hydrogens is 225 g/mol. The first-order chi connectivity index (χ1) is 8.19. The van der Waals surface area contributed by atoms with Crippen LogP contribution in [0.25, 0.3) is 0 Å². The number of ether oxygens (including phenoxy) is 2. The van der Waals surface area contributed by atoms with Crippen molar-refractivity contribution in [2.75, 3.05) is 19.8 Å². The molecule has 0 amide bonds. The van der Waals surface area contributed by atoms with Gasteiger partial charge in [0.1, 0.15) is 12.7 Å². The molecule has 0 saturated heterocycles. The Bertz CT molecular complexity index is 347. The van der Waals surface area contributed by atoms with Gasteiger partial charge in [-0.2, -0.15) is 0 Å². The molecule has 0 aliphatic heterocycles. The second kappa shape index (κ2) is 7.21. The number of hydrogen-bond acceptors (Lipinski definition) is 4. The second-order valence-electron chi connectivity index (χ2n) is 3.56. The van der Waals surface area contributed by atoms with E-state index >= 15 is 0 Å². The lowest BCUT2D eigenvalue weighted by Crippen LogP contribution is -2.24.